The van der Waals surface area contributed by atoms with Crippen LogP contribution in [0, 0.1) is 5.82 Å². The molecule has 2 aromatic heterocycles. The molecule has 0 amide bonds. The molecule has 0 atom stereocenters. The normalized spacial score (nSPS) is 15.1. The van der Waals surface area contributed by atoms with Crippen LogP contribution >= 0.6 is 0 Å². The van der Waals surface area contributed by atoms with Gasteiger partial charge in [-0.3, -0.25) is 4.57 Å². The van der Waals surface area contributed by atoms with Gasteiger partial charge in [-0.1, -0.05) is 0 Å². The van der Waals surface area contributed by atoms with E-state index in [2.05, 4.69) is 15.3 Å². The van der Waals surface area contributed by atoms with E-state index in [1.807, 2.05) is 0 Å². The predicted octanol–water partition coefficient (Wildman–Crippen LogP) is 1.66. The fraction of sp³-hybridized carbons (Fsp3) is 0.333. The first-order valence-corrected chi connectivity index (χ1v) is 5.69. The standard InChI is InChI=1S/C12H13FN4/c13-10-5-9(6-15-11-1-2-11)12(16-7-10)17-4-3-14-8-17/h3-5,7-8,11,15H,1-2,6H2. The Balaban J connectivity index is 1.89. The average Bonchev–Trinajstić information content (AvgIpc) is 3.00. The molecular weight excluding hydrogens is 219 g/mol. The van der Waals surface area contributed by atoms with Crippen molar-refractivity contribution in [3.8, 4) is 5.82 Å². The molecule has 88 valence electrons. The number of nitrogens with zero attached hydrogens (tertiary/aromatic N) is 3. The zero-order valence-electron chi connectivity index (χ0n) is 9.31. The van der Waals surface area contributed by atoms with Gasteiger partial charge < -0.3 is 5.32 Å². The molecule has 3 rings (SSSR count). The number of imidazole rings is 1. The van der Waals surface area contributed by atoms with Gasteiger partial charge in [-0.05, 0) is 18.9 Å². The molecule has 4 nitrogen and oxygen atoms in total. The van der Waals surface area contributed by atoms with Gasteiger partial charge in [0, 0.05) is 30.5 Å². The maximum Gasteiger partial charge on any atom is 0.142 e. The quantitative estimate of drug-likeness (QED) is 0.871. The Bertz CT molecular complexity index is 505. The van der Waals surface area contributed by atoms with Crippen LogP contribution in [-0.2, 0) is 6.54 Å². The second-order valence-corrected chi connectivity index (χ2v) is 4.26. The van der Waals surface area contributed by atoms with Crippen molar-refractivity contribution in [3.63, 3.8) is 0 Å². The summed E-state index contributed by atoms with van der Waals surface area (Å²) < 4.78 is 15.0. The summed E-state index contributed by atoms with van der Waals surface area (Å²) in [5, 5.41) is 3.36. The molecule has 1 aliphatic carbocycles. The lowest BCUT2D eigenvalue weighted by Crippen LogP contribution is -2.17. The number of aromatic nitrogens is 3. The molecular formula is C12H13FN4. The Kier molecular flexibility index (Phi) is 2.60. The van der Waals surface area contributed by atoms with Gasteiger partial charge in [0.1, 0.15) is 18.0 Å². The molecule has 0 aliphatic heterocycles. The Labute approximate surface area is 98.5 Å². The van der Waals surface area contributed by atoms with Crippen molar-refractivity contribution in [3.05, 3.63) is 42.4 Å². The Morgan fingerprint density at radius 1 is 1.47 bits per heavy atom. The Morgan fingerprint density at radius 2 is 2.35 bits per heavy atom. The summed E-state index contributed by atoms with van der Waals surface area (Å²) in [5.41, 5.74) is 0.856. The van der Waals surface area contributed by atoms with Crippen LogP contribution in [0.3, 0.4) is 0 Å². The van der Waals surface area contributed by atoms with Gasteiger partial charge in [-0.25, -0.2) is 14.4 Å². The van der Waals surface area contributed by atoms with Crippen molar-refractivity contribution >= 4 is 0 Å². The summed E-state index contributed by atoms with van der Waals surface area (Å²) in [4.78, 5) is 8.11. The molecule has 1 saturated carbocycles. The van der Waals surface area contributed by atoms with E-state index in [0.29, 0.717) is 12.6 Å². The van der Waals surface area contributed by atoms with Crippen LogP contribution in [0.15, 0.2) is 31.0 Å². The van der Waals surface area contributed by atoms with Crippen molar-refractivity contribution in [1.82, 2.24) is 19.9 Å². The molecule has 1 aliphatic rings. The maximum absolute atomic E-state index is 13.2. The molecule has 0 bridgehead atoms. The molecule has 5 heteroatoms. The highest BCUT2D eigenvalue weighted by molar-refractivity contribution is 5.34. The fourth-order valence-corrected chi connectivity index (χ4v) is 1.76. The molecule has 1 fully saturated rings. The number of pyridine rings is 1. The number of halogens is 1. The van der Waals surface area contributed by atoms with E-state index in [9.17, 15) is 4.39 Å². The topological polar surface area (TPSA) is 42.7 Å². The summed E-state index contributed by atoms with van der Waals surface area (Å²) in [5.74, 6) is 0.429. The van der Waals surface area contributed by atoms with Gasteiger partial charge in [0.25, 0.3) is 0 Å². The highest BCUT2D eigenvalue weighted by atomic mass is 19.1. The van der Waals surface area contributed by atoms with E-state index in [-0.39, 0.29) is 5.82 Å². The highest BCUT2D eigenvalue weighted by Crippen LogP contribution is 2.20. The van der Waals surface area contributed by atoms with Gasteiger partial charge in [0.2, 0.25) is 0 Å². The summed E-state index contributed by atoms with van der Waals surface area (Å²) in [6, 6.07) is 2.12. The Hall–Kier alpha value is -1.75. The van der Waals surface area contributed by atoms with Gasteiger partial charge >= 0.3 is 0 Å². The molecule has 2 heterocycles. The molecule has 0 radical (unpaired) electrons. The first-order chi connectivity index (χ1) is 8.33. The van der Waals surface area contributed by atoms with Crippen LogP contribution in [0.5, 0.6) is 0 Å². The molecule has 0 unspecified atom stereocenters. The van der Waals surface area contributed by atoms with Crippen LogP contribution in [0.4, 0.5) is 4.39 Å². The largest absolute Gasteiger partial charge is 0.310 e. The third-order valence-electron chi connectivity index (χ3n) is 2.82. The van der Waals surface area contributed by atoms with Crippen LogP contribution in [0.25, 0.3) is 5.82 Å². The SMILES string of the molecule is Fc1cnc(-n2ccnc2)c(CNC2CC2)c1. The summed E-state index contributed by atoms with van der Waals surface area (Å²) in [6.45, 7) is 0.642. The number of hydrogen-bond donors (Lipinski definition) is 1. The van der Waals surface area contributed by atoms with Gasteiger partial charge in [0.15, 0.2) is 0 Å². The second-order valence-electron chi connectivity index (χ2n) is 4.26. The van der Waals surface area contributed by atoms with Crippen molar-refractivity contribution < 1.29 is 4.39 Å². The monoisotopic (exact) mass is 232 g/mol. The minimum atomic E-state index is -0.304. The lowest BCUT2D eigenvalue weighted by atomic mass is 10.2. The summed E-state index contributed by atoms with van der Waals surface area (Å²) in [7, 11) is 0. The van der Waals surface area contributed by atoms with Gasteiger partial charge in [0.05, 0.1) is 6.20 Å². The molecule has 0 saturated heterocycles. The van der Waals surface area contributed by atoms with Crippen LogP contribution < -0.4 is 5.32 Å². The predicted molar refractivity (Wildman–Crippen MR) is 61.2 cm³/mol. The van der Waals surface area contributed by atoms with Crippen molar-refractivity contribution in [2.75, 3.05) is 0 Å². The van der Waals surface area contributed by atoms with E-state index in [0.717, 1.165) is 11.4 Å². The van der Waals surface area contributed by atoms with Gasteiger partial charge in [-0.15, -0.1) is 0 Å². The number of hydrogen-bond acceptors (Lipinski definition) is 3. The van der Waals surface area contributed by atoms with E-state index in [4.69, 9.17) is 0 Å². The summed E-state index contributed by atoms with van der Waals surface area (Å²) >= 11 is 0. The lowest BCUT2D eigenvalue weighted by molar-refractivity contribution is 0.609. The molecule has 2 aromatic rings. The highest BCUT2D eigenvalue weighted by Gasteiger charge is 2.21. The smallest absolute Gasteiger partial charge is 0.142 e. The minimum absolute atomic E-state index is 0.304. The zero-order chi connectivity index (χ0) is 11.7. The molecule has 1 N–H and O–H groups in total. The lowest BCUT2D eigenvalue weighted by Gasteiger charge is -2.09. The van der Waals surface area contributed by atoms with Crippen molar-refractivity contribution in [2.45, 2.75) is 25.4 Å². The van der Waals surface area contributed by atoms with E-state index < -0.39 is 0 Å². The number of rotatable bonds is 4. The van der Waals surface area contributed by atoms with Crippen molar-refractivity contribution in [1.29, 1.82) is 0 Å². The van der Waals surface area contributed by atoms with Crippen molar-refractivity contribution in [2.24, 2.45) is 0 Å². The van der Waals surface area contributed by atoms with Gasteiger partial charge in [-0.2, -0.15) is 0 Å². The molecule has 17 heavy (non-hydrogen) atoms. The van der Waals surface area contributed by atoms with E-state index in [1.165, 1.54) is 25.1 Å². The molecule has 0 aromatic carbocycles. The molecule has 0 spiro atoms. The summed E-state index contributed by atoms with van der Waals surface area (Å²) in [6.07, 6.45) is 8.81. The minimum Gasteiger partial charge on any atom is -0.310 e. The van der Waals surface area contributed by atoms with E-state index in [1.54, 1.807) is 23.3 Å². The first-order valence-electron chi connectivity index (χ1n) is 5.69. The fourth-order valence-electron chi connectivity index (χ4n) is 1.76. The maximum atomic E-state index is 13.2. The number of nitrogens with one attached hydrogen (secondary N) is 1. The van der Waals surface area contributed by atoms with Crippen LogP contribution in [0.1, 0.15) is 18.4 Å². The average molecular weight is 232 g/mol. The van der Waals surface area contributed by atoms with Crippen LogP contribution in [0.2, 0.25) is 0 Å². The Morgan fingerprint density at radius 3 is 3.06 bits per heavy atom. The third kappa shape index (κ3) is 2.34. The first kappa shape index (κ1) is 10.4. The second kappa shape index (κ2) is 4.25. The zero-order valence-corrected chi connectivity index (χ0v) is 9.31. The van der Waals surface area contributed by atoms with E-state index >= 15 is 0 Å². The van der Waals surface area contributed by atoms with Crippen LogP contribution in [-0.4, -0.2) is 20.6 Å². The third-order valence-corrected chi connectivity index (χ3v) is 2.82.